The van der Waals surface area contributed by atoms with E-state index in [2.05, 4.69) is 27.8 Å². The Bertz CT molecular complexity index is 948. The van der Waals surface area contributed by atoms with Crippen molar-refractivity contribution in [2.45, 2.75) is 6.04 Å². The zero-order chi connectivity index (χ0) is 14.4. The average molecular weight is 316 g/mol. The van der Waals surface area contributed by atoms with Gasteiger partial charge in [0, 0.05) is 14.3 Å². The van der Waals surface area contributed by atoms with Gasteiger partial charge in [-0.1, -0.05) is 6.07 Å². The predicted molar refractivity (Wildman–Crippen MR) is 87.4 cm³/mol. The largest absolute Gasteiger partial charge is 0.417 e. The summed E-state index contributed by atoms with van der Waals surface area (Å²) in [5.41, 5.74) is 2.41. The van der Waals surface area contributed by atoms with Gasteiger partial charge in [0.15, 0.2) is 5.58 Å². The van der Waals surface area contributed by atoms with Crippen molar-refractivity contribution in [1.29, 1.82) is 0 Å². The maximum Gasteiger partial charge on any atom is 0.417 e. The summed E-state index contributed by atoms with van der Waals surface area (Å²) < 4.78 is 7.77. The maximum absolute atomic E-state index is 11.3. The molecule has 0 radical (unpaired) electrons. The van der Waals surface area contributed by atoms with Crippen LogP contribution in [0.5, 0.6) is 0 Å². The van der Waals surface area contributed by atoms with Crippen LogP contribution in [0.2, 0.25) is 0 Å². The minimum Gasteiger partial charge on any atom is -0.408 e. The van der Waals surface area contributed by atoms with Crippen LogP contribution in [0.15, 0.2) is 44.9 Å². The summed E-state index contributed by atoms with van der Waals surface area (Å²) in [6.07, 6.45) is 0. The number of H-pyrrole nitrogens is 1. The summed E-state index contributed by atoms with van der Waals surface area (Å²) in [6, 6.07) is 10.3. The van der Waals surface area contributed by atoms with Crippen molar-refractivity contribution >= 4 is 43.2 Å². The summed E-state index contributed by atoms with van der Waals surface area (Å²) in [5, 5.41) is 5.45. The molecule has 1 unspecified atom stereocenters. The van der Waals surface area contributed by atoms with Gasteiger partial charge in [-0.05, 0) is 42.3 Å². The van der Waals surface area contributed by atoms with Crippen molar-refractivity contribution in [2.24, 2.45) is 0 Å². The molecule has 0 bridgehead atoms. The highest BCUT2D eigenvalue weighted by molar-refractivity contribution is 7.27. The van der Waals surface area contributed by atoms with Gasteiger partial charge in [0.2, 0.25) is 0 Å². The van der Waals surface area contributed by atoms with Gasteiger partial charge in [-0.2, -0.15) is 0 Å². The minimum absolute atomic E-state index is 0.0965. The minimum atomic E-state index is -0.417. The monoisotopic (exact) mass is 316 g/mol. The van der Waals surface area contributed by atoms with Crippen LogP contribution in [0, 0.1) is 0 Å². The molecule has 3 heterocycles. The lowest BCUT2D eigenvalue weighted by Gasteiger charge is -2.14. The fraction of sp³-hybridized carbons (Fsp3) is 0.133. The highest BCUT2D eigenvalue weighted by atomic mass is 32.1. The van der Waals surface area contributed by atoms with E-state index in [4.69, 9.17) is 4.42 Å². The van der Waals surface area contributed by atoms with E-state index in [1.807, 2.05) is 25.2 Å². The summed E-state index contributed by atoms with van der Waals surface area (Å²) in [5.74, 6) is -0.417. The third kappa shape index (κ3) is 2.12. The van der Waals surface area contributed by atoms with E-state index < -0.39 is 5.76 Å². The summed E-state index contributed by atoms with van der Waals surface area (Å²) >= 11 is 3.54. The quantitative estimate of drug-likeness (QED) is 0.606. The summed E-state index contributed by atoms with van der Waals surface area (Å²) in [7, 11) is 1.94. The molecule has 0 aliphatic heterocycles. The SMILES string of the molecule is CNC(c1ccc2[nH]c(=O)oc2c1)c1cc2sccc2s1. The summed E-state index contributed by atoms with van der Waals surface area (Å²) in [6.45, 7) is 0. The molecule has 21 heavy (non-hydrogen) atoms. The van der Waals surface area contributed by atoms with Crippen LogP contribution in [0.3, 0.4) is 0 Å². The smallest absolute Gasteiger partial charge is 0.408 e. The molecule has 4 aromatic rings. The first-order valence-electron chi connectivity index (χ1n) is 6.51. The number of hydrogen-bond donors (Lipinski definition) is 2. The number of rotatable bonds is 3. The lowest BCUT2D eigenvalue weighted by Crippen LogP contribution is -2.16. The van der Waals surface area contributed by atoms with Crippen LogP contribution in [-0.2, 0) is 0 Å². The Hall–Kier alpha value is -1.89. The molecule has 0 saturated heterocycles. The van der Waals surface area contributed by atoms with E-state index in [-0.39, 0.29) is 6.04 Å². The van der Waals surface area contributed by atoms with E-state index in [1.165, 1.54) is 14.3 Å². The second kappa shape index (κ2) is 4.84. The molecule has 0 amide bonds. The Kier molecular flexibility index (Phi) is 2.95. The van der Waals surface area contributed by atoms with Crippen LogP contribution in [-0.4, -0.2) is 12.0 Å². The van der Waals surface area contributed by atoms with Crippen molar-refractivity contribution in [3.8, 4) is 0 Å². The molecule has 4 nitrogen and oxygen atoms in total. The molecule has 0 aliphatic carbocycles. The van der Waals surface area contributed by atoms with Crippen LogP contribution >= 0.6 is 22.7 Å². The molecule has 0 aliphatic rings. The van der Waals surface area contributed by atoms with Gasteiger partial charge in [0.25, 0.3) is 0 Å². The molecule has 2 N–H and O–H groups in total. The molecule has 3 aromatic heterocycles. The second-order valence-electron chi connectivity index (χ2n) is 4.79. The molecule has 0 fully saturated rings. The van der Waals surface area contributed by atoms with E-state index >= 15 is 0 Å². The molecule has 0 saturated carbocycles. The van der Waals surface area contributed by atoms with Gasteiger partial charge in [-0.3, -0.25) is 4.98 Å². The molecule has 1 atom stereocenters. The molecule has 4 rings (SSSR count). The zero-order valence-corrected chi connectivity index (χ0v) is 12.8. The number of aromatic amines is 1. The predicted octanol–water partition coefficient (Wildman–Crippen LogP) is 3.71. The number of aromatic nitrogens is 1. The number of hydrogen-bond acceptors (Lipinski definition) is 5. The number of fused-ring (bicyclic) bond motifs is 2. The number of nitrogens with one attached hydrogen (secondary N) is 2. The third-order valence-electron chi connectivity index (χ3n) is 3.51. The highest BCUT2D eigenvalue weighted by Crippen LogP contribution is 2.36. The lowest BCUT2D eigenvalue weighted by molar-refractivity contribution is 0.554. The van der Waals surface area contributed by atoms with Crippen molar-refractivity contribution in [3.05, 3.63) is 56.7 Å². The first kappa shape index (κ1) is 12.8. The highest BCUT2D eigenvalue weighted by Gasteiger charge is 2.16. The zero-order valence-electron chi connectivity index (χ0n) is 11.2. The van der Waals surface area contributed by atoms with Gasteiger partial charge in [0.1, 0.15) is 0 Å². The van der Waals surface area contributed by atoms with Crippen LogP contribution < -0.4 is 11.1 Å². The number of oxazole rings is 1. The van der Waals surface area contributed by atoms with Gasteiger partial charge < -0.3 is 9.73 Å². The maximum atomic E-state index is 11.3. The van der Waals surface area contributed by atoms with Crippen molar-refractivity contribution in [1.82, 2.24) is 10.3 Å². The van der Waals surface area contributed by atoms with Crippen LogP contribution in [0.25, 0.3) is 20.5 Å². The van der Waals surface area contributed by atoms with E-state index in [0.29, 0.717) is 5.58 Å². The Morgan fingerprint density at radius 2 is 2.14 bits per heavy atom. The van der Waals surface area contributed by atoms with E-state index in [9.17, 15) is 4.79 Å². The van der Waals surface area contributed by atoms with Crippen LogP contribution in [0.4, 0.5) is 0 Å². The molecule has 6 heteroatoms. The molecule has 0 spiro atoms. The average Bonchev–Trinajstić information content (AvgIpc) is 3.12. The van der Waals surface area contributed by atoms with Gasteiger partial charge in [-0.25, -0.2) is 4.79 Å². The van der Waals surface area contributed by atoms with Gasteiger partial charge in [-0.15, -0.1) is 22.7 Å². The molecular weight excluding hydrogens is 304 g/mol. The molecular formula is C15H12N2O2S2. The second-order valence-corrected chi connectivity index (χ2v) is 6.85. The summed E-state index contributed by atoms with van der Waals surface area (Å²) in [4.78, 5) is 15.2. The Morgan fingerprint density at radius 3 is 2.95 bits per heavy atom. The Balaban J connectivity index is 1.82. The number of thiophene rings is 2. The van der Waals surface area contributed by atoms with Gasteiger partial charge >= 0.3 is 5.76 Å². The number of benzene rings is 1. The molecule has 1 aromatic carbocycles. The topological polar surface area (TPSA) is 58.0 Å². The lowest BCUT2D eigenvalue weighted by atomic mass is 10.1. The van der Waals surface area contributed by atoms with Crippen LogP contribution in [0.1, 0.15) is 16.5 Å². The Morgan fingerprint density at radius 1 is 1.24 bits per heavy atom. The normalized spacial score (nSPS) is 13.2. The fourth-order valence-electron chi connectivity index (χ4n) is 2.54. The van der Waals surface area contributed by atoms with Crippen molar-refractivity contribution < 1.29 is 4.42 Å². The standard InChI is InChI=1S/C15H12N2O2S2/c1-16-14(13-7-12-11(21-13)4-5-20-12)8-2-3-9-10(6-8)19-15(18)17-9/h2-7,14,16H,1H3,(H,17,18). The fourth-order valence-corrected chi connectivity index (χ4v) is 4.80. The molecule has 106 valence electrons. The van der Waals surface area contributed by atoms with E-state index in [1.54, 1.807) is 22.7 Å². The van der Waals surface area contributed by atoms with Gasteiger partial charge in [0.05, 0.1) is 11.6 Å². The first-order chi connectivity index (χ1) is 10.2. The third-order valence-corrected chi connectivity index (χ3v) is 5.67. The van der Waals surface area contributed by atoms with E-state index in [0.717, 1.165) is 11.1 Å². The van der Waals surface area contributed by atoms with Crippen molar-refractivity contribution in [2.75, 3.05) is 7.05 Å². The van der Waals surface area contributed by atoms with Crippen molar-refractivity contribution in [3.63, 3.8) is 0 Å². The Labute approximate surface area is 128 Å². The first-order valence-corrected chi connectivity index (χ1v) is 8.21.